The summed E-state index contributed by atoms with van der Waals surface area (Å²) < 4.78 is 0. The van der Waals surface area contributed by atoms with Crippen molar-refractivity contribution in [3.63, 3.8) is 0 Å². The topological polar surface area (TPSA) is 469 Å². The van der Waals surface area contributed by atoms with E-state index in [0.717, 1.165) is 12.4 Å². The number of carbonyl (C=O) groups excluding carboxylic acids is 10. The number of fused-ring (bicyclic) bond motifs is 1. The van der Waals surface area contributed by atoms with Crippen LogP contribution in [0.5, 0.6) is 5.75 Å². The van der Waals surface area contributed by atoms with E-state index in [-0.39, 0.29) is 106 Å². The van der Waals surface area contributed by atoms with E-state index in [1.165, 1.54) is 41.7 Å². The number of phenolic OH excluding ortho intramolecular Hbond substituents is 1. The summed E-state index contributed by atoms with van der Waals surface area (Å²) in [4.78, 5) is 164. The molecule has 496 valence electrons. The third-order valence-electron chi connectivity index (χ3n) is 14.9. The van der Waals surface area contributed by atoms with Crippen molar-refractivity contribution in [1.29, 1.82) is 0 Å². The Kier molecular flexibility index (Phi) is 28.2. The van der Waals surface area contributed by atoms with Crippen LogP contribution in [-0.2, 0) is 72.0 Å². The first-order chi connectivity index (χ1) is 43.3. The number of aromatic amines is 2. The number of carboxylic acids is 1. The molecule has 2 aromatic carbocycles. The highest BCUT2D eigenvalue weighted by Crippen LogP contribution is 2.22. The Morgan fingerprint density at radius 1 is 0.703 bits per heavy atom. The van der Waals surface area contributed by atoms with Crippen LogP contribution < -0.4 is 59.3 Å². The van der Waals surface area contributed by atoms with Crippen LogP contribution in [0.25, 0.3) is 10.9 Å². The van der Waals surface area contributed by atoms with E-state index in [1.54, 1.807) is 45.2 Å². The monoisotopic (exact) mass is 1270 g/mol. The van der Waals surface area contributed by atoms with Gasteiger partial charge >= 0.3 is 0 Å². The lowest BCUT2D eigenvalue weighted by Gasteiger charge is -2.31. The van der Waals surface area contributed by atoms with E-state index in [1.807, 2.05) is 19.9 Å². The average molecular weight is 1270 g/mol. The molecule has 18 N–H and O–H groups in total. The summed E-state index contributed by atoms with van der Waals surface area (Å²) in [6.45, 7) is 9.91. The van der Waals surface area contributed by atoms with Gasteiger partial charge < -0.3 is 89.5 Å². The Morgan fingerprint density at radius 2 is 1.25 bits per heavy atom. The molecule has 30 nitrogen and oxygen atoms in total. The van der Waals surface area contributed by atoms with Gasteiger partial charge in [0.25, 0.3) is 5.97 Å². The summed E-state index contributed by atoms with van der Waals surface area (Å²) in [5.41, 5.74) is 13.3. The number of carboxylic acid groups (broad SMARTS) is 1. The Morgan fingerprint density at radius 3 is 1.80 bits per heavy atom. The molecule has 2 aliphatic heterocycles. The summed E-state index contributed by atoms with van der Waals surface area (Å²) in [5, 5.41) is 53.3. The number of amides is 10. The molecule has 30 heteroatoms. The third kappa shape index (κ3) is 23.1. The number of nitrogens with zero attached hydrogens (tertiary/aromatic N) is 3. The number of hydrogen-bond acceptors (Lipinski definition) is 15. The first kappa shape index (κ1) is 72.1. The Bertz CT molecular complexity index is 3160. The van der Waals surface area contributed by atoms with Crippen molar-refractivity contribution >= 4 is 81.9 Å². The maximum Gasteiger partial charge on any atom is 0.300 e. The predicted molar refractivity (Wildman–Crippen MR) is 333 cm³/mol. The smallest absolute Gasteiger partial charge is 0.300 e. The highest BCUT2D eigenvalue weighted by atomic mass is 16.4. The number of phenols is 1. The molecule has 0 radical (unpaired) electrons. The van der Waals surface area contributed by atoms with Crippen molar-refractivity contribution in [3.05, 3.63) is 84.1 Å². The lowest BCUT2D eigenvalue weighted by atomic mass is 9.98. The van der Waals surface area contributed by atoms with Crippen molar-refractivity contribution in [1.82, 2.24) is 67.7 Å². The third-order valence-corrected chi connectivity index (χ3v) is 14.9. The fourth-order valence-electron chi connectivity index (χ4n) is 10.5. The molecule has 0 unspecified atom stereocenters. The maximum absolute atomic E-state index is 14.7. The quantitative estimate of drug-likeness (QED) is 0.0153. The van der Waals surface area contributed by atoms with Gasteiger partial charge in [-0.3, -0.25) is 57.7 Å². The number of nitrogens with one attached hydrogen (secondary N) is 11. The molecule has 0 saturated carbocycles. The number of guanidine groups is 1. The fourth-order valence-corrected chi connectivity index (χ4v) is 10.5. The number of aliphatic hydroxyl groups excluding tert-OH is 1. The van der Waals surface area contributed by atoms with Crippen LogP contribution in [0.4, 0.5) is 0 Å². The molecule has 2 aliphatic rings. The number of H-pyrrole nitrogens is 2. The van der Waals surface area contributed by atoms with Crippen molar-refractivity contribution in [2.75, 3.05) is 26.2 Å². The molecule has 2 fully saturated rings. The molecule has 10 amide bonds. The SMILES string of the molecule is CC(=O)O.CCNC(=O)[C@@H]1CCCN1C(=O)[C@H](CCCN=C(N)N)NC(=O)[C@H](CC(C)C)NC(=O)[C@@H](CC(C)C)NC(=O)[C@H](Cc1ccc(O)cc1)NC(=O)[C@H](CO)NC(=O)[C@@H](Cc1c[nH]c2ccccc12)NC(=O)[C@H](Cc1cnc[nH]1)NC(=O)[C@@H]1CCC(=O)N1. The van der Waals surface area contributed by atoms with Crippen LogP contribution in [0.3, 0.4) is 0 Å². The zero-order chi connectivity index (χ0) is 66.9. The van der Waals surface area contributed by atoms with Gasteiger partial charge in [0.15, 0.2) is 5.96 Å². The standard InChI is InChI=1S/C59H84N16O12.C2H4O2/c1-6-63-57(86)48-14-10-22-75(48)58(87)41(13-9-21-64-59(60)61)68-51(80)42(23-32(2)3)69-52(81)43(24-33(4)5)70-53(82)44(25-34-15-17-37(77)18-16-34)71-56(85)47(30-76)74-54(83)45(26-35-28-65-39-12-8-7-11-38(35)39)72-55(84)46(27-36-29-62-31-66-36)73-50(79)40-19-20-49(78)67-40;1-2(3)4/h7-8,11-12,15-18,28-29,31-33,40-48,65,76-77H,6,9-10,13-14,19-27,30H2,1-5H3,(H,62,66)(H,63,86)(H,67,78)(H,68,80)(H,69,81)(H,70,82)(H,71,85)(H,72,84)(H,73,79)(H,74,83)(H4,60,61,64);1H3,(H,3,4)/t40-,41-,42-,43+,44-,45+,46-,47-,48-;/m0./s1. The minimum Gasteiger partial charge on any atom is -0.508 e. The van der Waals surface area contributed by atoms with Crippen LogP contribution >= 0.6 is 0 Å². The molecule has 6 rings (SSSR count). The highest BCUT2D eigenvalue weighted by molar-refractivity contribution is 5.99. The maximum atomic E-state index is 14.7. The number of likely N-dealkylation sites (tertiary alicyclic amines) is 1. The Hall–Kier alpha value is -9.61. The van der Waals surface area contributed by atoms with Gasteiger partial charge in [0.2, 0.25) is 59.1 Å². The summed E-state index contributed by atoms with van der Waals surface area (Å²) in [7, 11) is 0. The number of benzene rings is 2. The van der Waals surface area contributed by atoms with Crippen LogP contribution in [0.2, 0.25) is 0 Å². The van der Waals surface area contributed by atoms with E-state index in [4.69, 9.17) is 21.4 Å². The number of rotatable bonds is 32. The number of para-hydroxylation sites is 1. The number of aromatic hydroxyl groups is 1. The number of aliphatic carboxylic acids is 1. The molecule has 9 atom stereocenters. The fraction of sp³-hybridized carbons (Fsp3) is 0.525. The first-order valence-electron chi connectivity index (χ1n) is 30.4. The van der Waals surface area contributed by atoms with Crippen molar-refractivity contribution in [2.24, 2.45) is 28.3 Å². The second-order valence-electron chi connectivity index (χ2n) is 23.3. The summed E-state index contributed by atoms with van der Waals surface area (Å²) in [6, 6.07) is 1.58. The van der Waals surface area contributed by atoms with E-state index in [0.29, 0.717) is 41.6 Å². The molecular formula is C61H88N16O14. The zero-order valence-electron chi connectivity index (χ0n) is 52.1. The van der Waals surface area contributed by atoms with Gasteiger partial charge in [-0.15, -0.1) is 0 Å². The number of carbonyl (C=O) groups is 11. The largest absolute Gasteiger partial charge is 0.508 e. The Labute approximate surface area is 526 Å². The van der Waals surface area contributed by atoms with Crippen molar-refractivity contribution in [2.45, 2.75) is 167 Å². The zero-order valence-corrected chi connectivity index (χ0v) is 52.1. The number of likely N-dealkylation sites (N-methyl/N-ethyl adjacent to an activating group) is 1. The number of hydrogen-bond donors (Lipinski definition) is 16. The highest BCUT2D eigenvalue weighted by Gasteiger charge is 2.40. The molecule has 4 heterocycles. The van der Waals surface area contributed by atoms with Gasteiger partial charge in [-0.05, 0) is 93.0 Å². The molecule has 91 heavy (non-hydrogen) atoms. The van der Waals surface area contributed by atoms with E-state index >= 15 is 0 Å². The van der Waals surface area contributed by atoms with Crippen LogP contribution in [-0.4, -0.2) is 187 Å². The summed E-state index contributed by atoms with van der Waals surface area (Å²) >= 11 is 0. The summed E-state index contributed by atoms with van der Waals surface area (Å²) in [5.74, 6) is -8.39. The van der Waals surface area contributed by atoms with Crippen LogP contribution in [0, 0.1) is 11.8 Å². The average Bonchev–Trinajstić information content (AvgIpc) is 2.04. The van der Waals surface area contributed by atoms with E-state index < -0.39 is 114 Å². The lowest BCUT2D eigenvalue weighted by molar-refractivity contribution is -0.142. The molecule has 4 aromatic rings. The Balaban J connectivity index is 0.00000365. The van der Waals surface area contributed by atoms with Gasteiger partial charge in [0.1, 0.15) is 60.1 Å². The number of imidazole rings is 1. The number of aliphatic hydroxyl groups is 1. The van der Waals surface area contributed by atoms with Crippen molar-refractivity contribution < 1.29 is 68.1 Å². The minimum absolute atomic E-state index is 0.0397. The minimum atomic E-state index is -1.75. The van der Waals surface area contributed by atoms with Gasteiger partial charge in [0, 0.05) is 81.2 Å². The normalized spacial score (nSPS) is 16.7. The molecule has 2 saturated heterocycles. The molecule has 0 aliphatic carbocycles. The lowest BCUT2D eigenvalue weighted by Crippen LogP contribution is -2.61. The van der Waals surface area contributed by atoms with E-state index in [9.17, 15) is 58.2 Å². The summed E-state index contributed by atoms with van der Waals surface area (Å²) in [6.07, 6.45) is 5.80. The predicted octanol–water partition coefficient (Wildman–Crippen LogP) is -1.35. The number of aliphatic imine (C=N–C) groups is 1. The molecule has 0 bridgehead atoms. The second-order valence-corrected chi connectivity index (χ2v) is 23.3. The van der Waals surface area contributed by atoms with Crippen LogP contribution in [0.15, 0.2) is 72.2 Å². The van der Waals surface area contributed by atoms with Crippen LogP contribution in [0.1, 0.15) is 110 Å². The second kappa shape index (κ2) is 35.5. The van der Waals surface area contributed by atoms with Gasteiger partial charge in [-0.2, -0.15) is 0 Å². The first-order valence-corrected chi connectivity index (χ1v) is 30.4. The van der Waals surface area contributed by atoms with Crippen molar-refractivity contribution in [3.8, 4) is 5.75 Å². The molecular weight excluding hydrogens is 1180 g/mol. The molecule has 2 aromatic heterocycles. The van der Waals surface area contributed by atoms with Gasteiger partial charge in [0.05, 0.1) is 12.9 Å². The number of nitrogens with two attached hydrogens (primary N) is 2. The van der Waals surface area contributed by atoms with Gasteiger partial charge in [-0.25, -0.2) is 4.98 Å². The van der Waals surface area contributed by atoms with E-state index in [2.05, 4.69) is 67.8 Å². The number of aromatic nitrogens is 3. The van der Waals surface area contributed by atoms with Gasteiger partial charge in [-0.1, -0.05) is 58.0 Å². The molecule has 0 spiro atoms.